The van der Waals surface area contributed by atoms with E-state index in [9.17, 15) is 4.79 Å². The summed E-state index contributed by atoms with van der Waals surface area (Å²) in [5.41, 5.74) is 6.23. The van der Waals surface area contributed by atoms with Crippen molar-refractivity contribution < 1.29 is 4.79 Å². The Kier molecular flexibility index (Phi) is 2.54. The van der Waals surface area contributed by atoms with Crippen LogP contribution in [-0.4, -0.2) is 11.9 Å². The van der Waals surface area contributed by atoms with E-state index in [0.29, 0.717) is 15.6 Å². The highest BCUT2D eigenvalue weighted by Crippen LogP contribution is 2.31. The van der Waals surface area contributed by atoms with Crippen LogP contribution in [0, 0.1) is 0 Å². The first kappa shape index (κ1) is 10.3. The minimum absolute atomic E-state index is 0.198. The van der Waals surface area contributed by atoms with E-state index < -0.39 is 12.1 Å². The first-order chi connectivity index (χ1) is 7.09. The number of rotatable bonds is 1. The molecule has 0 aliphatic carbocycles. The predicted molar refractivity (Wildman–Crippen MR) is 59.4 cm³/mol. The number of amides is 2. The lowest BCUT2D eigenvalue weighted by molar-refractivity contribution is 0.250. The van der Waals surface area contributed by atoms with Crippen LogP contribution in [0.1, 0.15) is 11.6 Å². The van der Waals surface area contributed by atoms with Crippen LogP contribution in [0.4, 0.5) is 4.79 Å². The molecule has 1 heterocycles. The Labute approximate surface area is 96.1 Å². The normalized spacial score (nSPS) is 20.0. The van der Waals surface area contributed by atoms with Crippen molar-refractivity contribution in [2.45, 2.75) is 6.04 Å². The molecule has 0 aromatic heterocycles. The largest absolute Gasteiger partial charge is 0.385 e. The summed E-state index contributed by atoms with van der Waals surface area (Å²) in [5, 5.41) is 3.38. The highest BCUT2D eigenvalue weighted by molar-refractivity contribution is 6.42. The molecule has 6 heteroatoms. The Morgan fingerprint density at radius 2 is 2.13 bits per heavy atom. The Balaban J connectivity index is 2.43. The van der Waals surface area contributed by atoms with Crippen LogP contribution in [0.3, 0.4) is 0 Å². The average molecular weight is 244 g/mol. The van der Waals surface area contributed by atoms with Crippen LogP contribution in [0.15, 0.2) is 23.2 Å². The predicted octanol–water partition coefficient (Wildman–Crippen LogP) is 2.11. The van der Waals surface area contributed by atoms with E-state index in [1.54, 1.807) is 18.2 Å². The molecule has 0 spiro atoms. The van der Waals surface area contributed by atoms with Crippen LogP contribution in [-0.2, 0) is 0 Å². The zero-order valence-corrected chi connectivity index (χ0v) is 9.01. The number of hydrogen-bond donors (Lipinski definition) is 2. The van der Waals surface area contributed by atoms with Crippen molar-refractivity contribution >= 4 is 35.1 Å². The highest BCUT2D eigenvalue weighted by Gasteiger charge is 2.27. The van der Waals surface area contributed by atoms with Gasteiger partial charge in [-0.1, -0.05) is 35.3 Å². The van der Waals surface area contributed by atoms with Crippen LogP contribution in [0.2, 0.25) is 10.0 Å². The van der Waals surface area contributed by atoms with E-state index in [2.05, 4.69) is 10.3 Å². The molecular formula is C9H7Cl2N3O. The molecule has 1 atom stereocenters. The number of hydrogen-bond acceptors (Lipinski definition) is 2. The molecule has 78 valence electrons. The number of nitrogens with one attached hydrogen (secondary N) is 1. The Morgan fingerprint density at radius 3 is 2.73 bits per heavy atom. The molecule has 0 saturated carbocycles. The van der Waals surface area contributed by atoms with E-state index in [1.165, 1.54) is 0 Å². The molecule has 4 nitrogen and oxygen atoms in total. The molecule has 0 radical (unpaired) electrons. The summed E-state index contributed by atoms with van der Waals surface area (Å²) in [6.07, 6.45) is 0. The zero-order chi connectivity index (χ0) is 11.0. The molecule has 1 aliphatic rings. The van der Waals surface area contributed by atoms with Crippen molar-refractivity contribution in [1.82, 2.24) is 5.32 Å². The molecule has 0 bridgehead atoms. The van der Waals surface area contributed by atoms with Crippen molar-refractivity contribution in [3.8, 4) is 0 Å². The number of carbonyl (C=O) groups is 1. The van der Waals surface area contributed by atoms with Gasteiger partial charge in [0.1, 0.15) is 11.9 Å². The van der Waals surface area contributed by atoms with E-state index in [1.807, 2.05) is 0 Å². The van der Waals surface area contributed by atoms with Crippen LogP contribution >= 0.6 is 23.2 Å². The van der Waals surface area contributed by atoms with Gasteiger partial charge in [-0.2, -0.15) is 4.99 Å². The molecule has 2 amide bonds. The molecule has 1 aliphatic heterocycles. The van der Waals surface area contributed by atoms with E-state index in [-0.39, 0.29) is 5.84 Å². The molecule has 1 aromatic rings. The van der Waals surface area contributed by atoms with E-state index >= 15 is 0 Å². The van der Waals surface area contributed by atoms with Crippen LogP contribution in [0.5, 0.6) is 0 Å². The summed E-state index contributed by atoms with van der Waals surface area (Å²) in [5.74, 6) is 0.198. The third-order valence-electron chi connectivity index (χ3n) is 2.09. The second-order valence-corrected chi connectivity index (χ2v) is 3.85. The molecule has 2 rings (SSSR count). The van der Waals surface area contributed by atoms with E-state index in [0.717, 1.165) is 0 Å². The minimum Gasteiger partial charge on any atom is -0.385 e. The number of benzene rings is 1. The average Bonchev–Trinajstić information content (AvgIpc) is 2.50. The van der Waals surface area contributed by atoms with Crippen molar-refractivity contribution in [2.75, 3.05) is 0 Å². The van der Waals surface area contributed by atoms with Gasteiger partial charge in [-0.15, -0.1) is 0 Å². The Hall–Kier alpha value is -1.26. The molecular weight excluding hydrogens is 237 g/mol. The fourth-order valence-corrected chi connectivity index (χ4v) is 1.81. The lowest BCUT2D eigenvalue weighted by Crippen LogP contribution is -2.28. The number of aliphatic imine (C=N–C) groups is 1. The smallest absolute Gasteiger partial charge is 0.343 e. The van der Waals surface area contributed by atoms with Crippen molar-refractivity contribution in [3.63, 3.8) is 0 Å². The van der Waals surface area contributed by atoms with Gasteiger partial charge in [-0.25, -0.2) is 4.79 Å². The van der Waals surface area contributed by atoms with Gasteiger partial charge in [0.2, 0.25) is 0 Å². The second kappa shape index (κ2) is 3.72. The molecule has 1 unspecified atom stereocenters. The fourth-order valence-electron chi connectivity index (χ4n) is 1.39. The highest BCUT2D eigenvalue weighted by atomic mass is 35.5. The first-order valence-corrected chi connectivity index (χ1v) is 4.93. The first-order valence-electron chi connectivity index (χ1n) is 4.18. The fraction of sp³-hybridized carbons (Fsp3) is 0.111. The summed E-state index contributed by atoms with van der Waals surface area (Å²) in [7, 11) is 0. The zero-order valence-electron chi connectivity index (χ0n) is 7.50. The van der Waals surface area contributed by atoms with E-state index in [4.69, 9.17) is 28.9 Å². The van der Waals surface area contributed by atoms with Crippen LogP contribution in [0.25, 0.3) is 0 Å². The van der Waals surface area contributed by atoms with Gasteiger partial charge in [0.05, 0.1) is 10.0 Å². The van der Waals surface area contributed by atoms with Gasteiger partial charge in [-0.05, 0) is 6.07 Å². The van der Waals surface area contributed by atoms with Crippen molar-refractivity contribution in [3.05, 3.63) is 33.8 Å². The maximum Gasteiger partial charge on any atom is 0.343 e. The van der Waals surface area contributed by atoms with Crippen molar-refractivity contribution in [1.29, 1.82) is 0 Å². The third-order valence-corrected chi connectivity index (χ3v) is 2.92. The van der Waals surface area contributed by atoms with Gasteiger partial charge in [0, 0.05) is 5.56 Å². The van der Waals surface area contributed by atoms with Crippen molar-refractivity contribution in [2.24, 2.45) is 10.7 Å². The Morgan fingerprint density at radius 1 is 1.40 bits per heavy atom. The number of urea groups is 1. The number of carbonyl (C=O) groups excluding carboxylic acids is 1. The van der Waals surface area contributed by atoms with Gasteiger partial charge < -0.3 is 11.1 Å². The third kappa shape index (κ3) is 1.78. The topological polar surface area (TPSA) is 67.5 Å². The summed E-state index contributed by atoms with van der Waals surface area (Å²) in [4.78, 5) is 14.5. The monoisotopic (exact) mass is 243 g/mol. The molecule has 0 saturated heterocycles. The summed E-state index contributed by atoms with van der Waals surface area (Å²) in [6, 6.07) is 4.20. The minimum atomic E-state index is -0.483. The standard InChI is InChI=1S/C9H7Cl2N3O/c10-5-3-1-2-4(6(5)11)7-8(12)14-9(15)13-7/h1-3,7H,(H3,12,13,14,15). The molecule has 1 aromatic carbocycles. The quantitative estimate of drug-likeness (QED) is 0.794. The lowest BCUT2D eigenvalue weighted by Gasteiger charge is -2.13. The number of amidine groups is 1. The Bertz CT molecular complexity index is 459. The van der Waals surface area contributed by atoms with Gasteiger partial charge in [-0.3, -0.25) is 0 Å². The number of nitrogens with zero attached hydrogens (tertiary/aromatic N) is 1. The second-order valence-electron chi connectivity index (χ2n) is 3.06. The SMILES string of the molecule is NC1=NC(=O)NC1c1cccc(Cl)c1Cl. The molecule has 15 heavy (non-hydrogen) atoms. The van der Waals surface area contributed by atoms with Crippen LogP contribution < -0.4 is 11.1 Å². The number of nitrogens with two attached hydrogens (primary N) is 1. The maximum atomic E-state index is 11.0. The number of halogens is 2. The summed E-state index contributed by atoms with van der Waals surface area (Å²) in [6.45, 7) is 0. The lowest BCUT2D eigenvalue weighted by atomic mass is 10.1. The summed E-state index contributed by atoms with van der Waals surface area (Å²) >= 11 is 11.8. The van der Waals surface area contributed by atoms with Gasteiger partial charge in [0.15, 0.2) is 0 Å². The molecule has 0 fully saturated rings. The van der Waals surface area contributed by atoms with Gasteiger partial charge >= 0.3 is 6.03 Å². The summed E-state index contributed by atoms with van der Waals surface area (Å²) < 4.78 is 0. The molecule has 3 N–H and O–H groups in total. The maximum absolute atomic E-state index is 11.0. The van der Waals surface area contributed by atoms with Gasteiger partial charge in [0.25, 0.3) is 0 Å².